The van der Waals surface area contributed by atoms with E-state index in [1.165, 1.54) is 11.1 Å². The van der Waals surface area contributed by atoms with Gasteiger partial charge in [-0.25, -0.2) is 4.79 Å². The van der Waals surface area contributed by atoms with Gasteiger partial charge in [-0.1, -0.05) is 24.3 Å². The van der Waals surface area contributed by atoms with Crippen molar-refractivity contribution in [1.29, 1.82) is 0 Å². The monoisotopic (exact) mass is 303 g/mol. The predicted octanol–water partition coefficient (Wildman–Crippen LogP) is 2.29. The lowest BCUT2D eigenvalue weighted by atomic mass is 9.99. The van der Waals surface area contributed by atoms with Gasteiger partial charge in [0, 0.05) is 6.54 Å². The first kappa shape index (κ1) is 15.0. The van der Waals surface area contributed by atoms with Crippen molar-refractivity contribution in [3.63, 3.8) is 0 Å². The molecule has 0 bridgehead atoms. The zero-order valence-electron chi connectivity index (χ0n) is 12.7. The standard InChI is InChI=1S/C17H21NO4/c1-11-5-2-3-6-12(11)13-7-4-10-18(13)16(19)14-8-9-15(22-14)17(20)21/h2-3,5-6,13-15H,4,7-10H2,1H3,(H,20,21)/t13?,14-,15+/m0/s1. The molecule has 0 saturated carbocycles. The number of carboxylic acids is 1. The van der Waals surface area contributed by atoms with Crippen LogP contribution in [0, 0.1) is 6.92 Å². The maximum absolute atomic E-state index is 12.7. The predicted molar refractivity (Wildman–Crippen MR) is 80.4 cm³/mol. The number of hydrogen-bond donors (Lipinski definition) is 1. The average Bonchev–Trinajstić information content (AvgIpc) is 3.16. The van der Waals surface area contributed by atoms with Crippen molar-refractivity contribution < 1.29 is 19.4 Å². The molecule has 5 nitrogen and oxygen atoms in total. The average molecular weight is 303 g/mol. The smallest absolute Gasteiger partial charge is 0.332 e. The highest BCUT2D eigenvalue weighted by molar-refractivity contribution is 5.83. The van der Waals surface area contributed by atoms with Gasteiger partial charge in [-0.2, -0.15) is 0 Å². The molecule has 118 valence electrons. The Bertz CT molecular complexity index is 586. The summed E-state index contributed by atoms with van der Waals surface area (Å²) in [6, 6.07) is 8.21. The van der Waals surface area contributed by atoms with E-state index in [0.29, 0.717) is 12.8 Å². The number of benzene rings is 1. The highest BCUT2D eigenvalue weighted by Gasteiger charge is 2.40. The first-order valence-corrected chi connectivity index (χ1v) is 7.82. The third-order valence-electron chi connectivity index (χ3n) is 4.65. The number of nitrogens with zero attached hydrogens (tertiary/aromatic N) is 1. The Morgan fingerprint density at radius 2 is 1.91 bits per heavy atom. The molecule has 1 amide bonds. The molecular formula is C17H21NO4. The lowest BCUT2D eigenvalue weighted by molar-refractivity contribution is -0.155. The van der Waals surface area contributed by atoms with Gasteiger partial charge in [-0.15, -0.1) is 0 Å². The van der Waals surface area contributed by atoms with E-state index in [1.54, 1.807) is 0 Å². The van der Waals surface area contributed by atoms with Crippen LogP contribution >= 0.6 is 0 Å². The Hall–Kier alpha value is -1.88. The van der Waals surface area contributed by atoms with Crippen molar-refractivity contribution in [2.75, 3.05) is 6.54 Å². The molecule has 3 rings (SSSR count). The van der Waals surface area contributed by atoms with Crippen LogP contribution in [0.15, 0.2) is 24.3 Å². The minimum absolute atomic E-state index is 0.0606. The van der Waals surface area contributed by atoms with Gasteiger partial charge in [0.05, 0.1) is 6.04 Å². The fourth-order valence-electron chi connectivity index (χ4n) is 3.50. The summed E-state index contributed by atoms with van der Waals surface area (Å²) in [5.74, 6) is -1.04. The number of hydrogen-bond acceptors (Lipinski definition) is 3. The summed E-state index contributed by atoms with van der Waals surface area (Å²) >= 11 is 0. The van der Waals surface area contributed by atoms with E-state index >= 15 is 0 Å². The Morgan fingerprint density at radius 1 is 1.18 bits per heavy atom. The van der Waals surface area contributed by atoms with E-state index in [2.05, 4.69) is 19.1 Å². The quantitative estimate of drug-likeness (QED) is 0.930. The van der Waals surface area contributed by atoms with Crippen LogP contribution in [-0.4, -0.2) is 40.6 Å². The molecule has 3 atom stereocenters. The van der Waals surface area contributed by atoms with Gasteiger partial charge in [-0.3, -0.25) is 4.79 Å². The fourth-order valence-corrected chi connectivity index (χ4v) is 3.50. The number of carboxylic acid groups (broad SMARTS) is 1. The maximum atomic E-state index is 12.7. The summed E-state index contributed by atoms with van der Waals surface area (Å²) in [5.41, 5.74) is 2.36. The molecule has 2 aliphatic rings. The van der Waals surface area contributed by atoms with Gasteiger partial charge >= 0.3 is 5.97 Å². The van der Waals surface area contributed by atoms with Crippen LogP contribution in [0.1, 0.15) is 42.9 Å². The minimum Gasteiger partial charge on any atom is -0.479 e. The molecule has 1 aromatic rings. The minimum atomic E-state index is -0.979. The molecule has 2 saturated heterocycles. The van der Waals surface area contributed by atoms with Crippen LogP contribution in [0.4, 0.5) is 0 Å². The summed E-state index contributed by atoms with van der Waals surface area (Å²) in [4.78, 5) is 25.6. The van der Waals surface area contributed by atoms with E-state index in [9.17, 15) is 9.59 Å². The lowest BCUT2D eigenvalue weighted by Crippen LogP contribution is -2.39. The van der Waals surface area contributed by atoms with Crippen LogP contribution in [0.2, 0.25) is 0 Å². The van der Waals surface area contributed by atoms with E-state index in [1.807, 2.05) is 17.0 Å². The topological polar surface area (TPSA) is 66.8 Å². The molecule has 2 heterocycles. The molecule has 2 aliphatic heterocycles. The van der Waals surface area contributed by atoms with E-state index in [-0.39, 0.29) is 11.9 Å². The van der Waals surface area contributed by atoms with Gasteiger partial charge in [0.1, 0.15) is 6.10 Å². The molecule has 1 aromatic carbocycles. The molecule has 1 unspecified atom stereocenters. The van der Waals surface area contributed by atoms with Gasteiger partial charge in [0.15, 0.2) is 6.10 Å². The zero-order chi connectivity index (χ0) is 15.7. The lowest BCUT2D eigenvalue weighted by Gasteiger charge is -2.28. The number of carbonyl (C=O) groups is 2. The molecular weight excluding hydrogens is 282 g/mol. The third kappa shape index (κ3) is 2.73. The SMILES string of the molecule is Cc1ccccc1C1CCCN1C(=O)[C@@H]1CC[C@H](C(=O)O)O1. The van der Waals surface area contributed by atoms with E-state index in [4.69, 9.17) is 9.84 Å². The number of amides is 1. The Labute approximate surface area is 129 Å². The fraction of sp³-hybridized carbons (Fsp3) is 0.529. The number of aryl methyl sites for hydroxylation is 1. The van der Waals surface area contributed by atoms with Crippen molar-refractivity contribution in [2.24, 2.45) is 0 Å². The van der Waals surface area contributed by atoms with Crippen molar-refractivity contribution in [1.82, 2.24) is 4.90 Å². The van der Waals surface area contributed by atoms with E-state index < -0.39 is 18.2 Å². The van der Waals surface area contributed by atoms with E-state index in [0.717, 1.165) is 19.4 Å². The number of ether oxygens (including phenoxy) is 1. The van der Waals surface area contributed by atoms with Crippen molar-refractivity contribution in [3.05, 3.63) is 35.4 Å². The second-order valence-corrected chi connectivity index (χ2v) is 6.08. The third-order valence-corrected chi connectivity index (χ3v) is 4.65. The number of rotatable bonds is 3. The summed E-state index contributed by atoms with van der Waals surface area (Å²) in [6.45, 7) is 2.78. The highest BCUT2D eigenvalue weighted by Crippen LogP contribution is 2.35. The molecule has 0 radical (unpaired) electrons. The summed E-state index contributed by atoms with van der Waals surface area (Å²) in [7, 11) is 0. The van der Waals surface area contributed by atoms with Crippen LogP contribution in [0.5, 0.6) is 0 Å². The molecule has 0 aromatic heterocycles. The largest absolute Gasteiger partial charge is 0.479 e. The maximum Gasteiger partial charge on any atom is 0.332 e. The molecule has 5 heteroatoms. The van der Waals surface area contributed by atoms with Gasteiger partial charge in [-0.05, 0) is 43.7 Å². The summed E-state index contributed by atoms with van der Waals surface area (Å²) in [6.07, 6.45) is 1.38. The zero-order valence-corrected chi connectivity index (χ0v) is 12.7. The normalized spacial score (nSPS) is 28.0. The van der Waals surface area contributed by atoms with Crippen molar-refractivity contribution in [2.45, 2.75) is 50.9 Å². The van der Waals surface area contributed by atoms with Gasteiger partial charge in [0.25, 0.3) is 5.91 Å². The number of aliphatic carboxylic acids is 1. The van der Waals surface area contributed by atoms with Crippen LogP contribution in [-0.2, 0) is 14.3 Å². The Kier molecular flexibility index (Phi) is 4.16. The van der Waals surface area contributed by atoms with Crippen molar-refractivity contribution in [3.8, 4) is 0 Å². The van der Waals surface area contributed by atoms with Crippen LogP contribution in [0.3, 0.4) is 0 Å². The van der Waals surface area contributed by atoms with Crippen LogP contribution < -0.4 is 0 Å². The van der Waals surface area contributed by atoms with Gasteiger partial charge < -0.3 is 14.7 Å². The first-order chi connectivity index (χ1) is 10.6. The highest BCUT2D eigenvalue weighted by atomic mass is 16.5. The molecule has 2 fully saturated rings. The second-order valence-electron chi connectivity index (χ2n) is 6.08. The summed E-state index contributed by atoms with van der Waals surface area (Å²) < 4.78 is 5.42. The molecule has 1 N–H and O–H groups in total. The van der Waals surface area contributed by atoms with Crippen LogP contribution in [0.25, 0.3) is 0 Å². The Balaban J connectivity index is 1.75. The Morgan fingerprint density at radius 3 is 2.59 bits per heavy atom. The number of likely N-dealkylation sites (tertiary alicyclic amines) is 1. The molecule has 22 heavy (non-hydrogen) atoms. The second kappa shape index (κ2) is 6.08. The van der Waals surface area contributed by atoms with Gasteiger partial charge in [0.2, 0.25) is 0 Å². The molecule has 0 spiro atoms. The first-order valence-electron chi connectivity index (χ1n) is 7.82. The molecule has 0 aliphatic carbocycles. The van der Waals surface area contributed by atoms with Crippen molar-refractivity contribution >= 4 is 11.9 Å². The number of carbonyl (C=O) groups excluding carboxylic acids is 1. The summed E-state index contributed by atoms with van der Waals surface area (Å²) in [5, 5.41) is 8.99.